The first kappa shape index (κ1) is 15.4. The van der Waals surface area contributed by atoms with Crippen LogP contribution < -0.4 is 5.32 Å². The zero-order valence-electron chi connectivity index (χ0n) is 12.7. The number of thioether (sulfide) groups is 1. The molecule has 0 aliphatic rings. The lowest BCUT2D eigenvalue weighted by Crippen LogP contribution is -2.23. The molecule has 3 aromatic rings. The Bertz CT molecular complexity index is 800. The summed E-state index contributed by atoms with van der Waals surface area (Å²) in [5, 5.41) is 2.94. The highest BCUT2D eigenvalue weighted by molar-refractivity contribution is 7.98. The maximum atomic E-state index is 12.3. The number of rotatable bonds is 5. The van der Waals surface area contributed by atoms with Crippen LogP contribution in [-0.4, -0.2) is 17.1 Å². The molecule has 23 heavy (non-hydrogen) atoms. The molecule has 0 saturated carbocycles. The molecule has 1 N–H and O–H groups in total. The fourth-order valence-corrected chi connectivity index (χ4v) is 2.72. The van der Waals surface area contributed by atoms with Gasteiger partial charge in [0.25, 0.3) is 5.91 Å². The second-order valence-corrected chi connectivity index (χ2v) is 5.78. The van der Waals surface area contributed by atoms with Gasteiger partial charge in [-0.15, -0.1) is 11.8 Å². The zero-order valence-corrected chi connectivity index (χ0v) is 13.5. The van der Waals surface area contributed by atoms with E-state index < -0.39 is 0 Å². The normalized spacial score (nSPS) is 10.5. The highest BCUT2D eigenvalue weighted by Gasteiger charge is 2.11. The Morgan fingerprint density at radius 2 is 2.13 bits per heavy atom. The van der Waals surface area contributed by atoms with Gasteiger partial charge in [-0.25, -0.2) is 0 Å². The summed E-state index contributed by atoms with van der Waals surface area (Å²) >= 11 is 1.61. The molecule has 0 saturated heterocycles. The summed E-state index contributed by atoms with van der Waals surface area (Å²) < 4.78 is 5.40. The number of hydrogen-bond acceptors (Lipinski definition) is 4. The molecule has 1 aromatic carbocycles. The van der Waals surface area contributed by atoms with Gasteiger partial charge in [-0.3, -0.25) is 9.78 Å². The van der Waals surface area contributed by atoms with Crippen LogP contribution in [0.2, 0.25) is 0 Å². The van der Waals surface area contributed by atoms with Gasteiger partial charge < -0.3 is 9.73 Å². The average molecular weight is 324 g/mol. The predicted octanol–water partition coefficient (Wildman–Crippen LogP) is 3.99. The van der Waals surface area contributed by atoms with Crippen molar-refractivity contribution in [2.24, 2.45) is 0 Å². The molecule has 1 amide bonds. The van der Waals surface area contributed by atoms with E-state index in [-0.39, 0.29) is 5.91 Å². The monoisotopic (exact) mass is 324 g/mol. The van der Waals surface area contributed by atoms with Crippen LogP contribution in [0.4, 0.5) is 0 Å². The van der Waals surface area contributed by atoms with Gasteiger partial charge in [0, 0.05) is 28.8 Å². The molecule has 0 radical (unpaired) electrons. The summed E-state index contributed by atoms with van der Waals surface area (Å²) in [6.45, 7) is 0.395. The summed E-state index contributed by atoms with van der Waals surface area (Å²) in [6, 6.07) is 15.0. The Hall–Kier alpha value is -2.53. The molecule has 0 bridgehead atoms. The van der Waals surface area contributed by atoms with Gasteiger partial charge in [0.05, 0.1) is 6.26 Å². The largest absolute Gasteiger partial charge is 0.463 e. The van der Waals surface area contributed by atoms with Gasteiger partial charge in [0.1, 0.15) is 5.69 Å². The van der Waals surface area contributed by atoms with E-state index in [1.165, 1.54) is 0 Å². The van der Waals surface area contributed by atoms with Gasteiger partial charge in [-0.2, -0.15) is 0 Å². The SMILES string of the molecule is CSc1cccc(C(=O)NCc2cccnc2-c2ccco2)c1. The van der Waals surface area contributed by atoms with E-state index in [1.807, 2.05) is 54.8 Å². The maximum absolute atomic E-state index is 12.3. The lowest BCUT2D eigenvalue weighted by atomic mass is 10.1. The van der Waals surface area contributed by atoms with Crippen molar-refractivity contribution < 1.29 is 9.21 Å². The third-order valence-corrected chi connectivity index (χ3v) is 4.14. The van der Waals surface area contributed by atoms with Crippen LogP contribution in [0.15, 0.2) is 70.3 Å². The van der Waals surface area contributed by atoms with Crippen molar-refractivity contribution in [3.05, 3.63) is 72.1 Å². The van der Waals surface area contributed by atoms with Crippen LogP contribution in [0, 0.1) is 0 Å². The van der Waals surface area contributed by atoms with Gasteiger partial charge in [0.2, 0.25) is 0 Å². The molecule has 116 valence electrons. The molecule has 0 unspecified atom stereocenters. The quantitative estimate of drug-likeness (QED) is 0.721. The predicted molar refractivity (Wildman–Crippen MR) is 91.3 cm³/mol. The van der Waals surface area contributed by atoms with Gasteiger partial charge in [0.15, 0.2) is 5.76 Å². The van der Waals surface area contributed by atoms with E-state index in [9.17, 15) is 4.79 Å². The van der Waals surface area contributed by atoms with E-state index in [0.29, 0.717) is 17.9 Å². The average Bonchev–Trinajstić information content (AvgIpc) is 3.14. The Morgan fingerprint density at radius 1 is 1.22 bits per heavy atom. The fourth-order valence-electron chi connectivity index (χ4n) is 2.26. The van der Waals surface area contributed by atoms with Crippen LogP contribution in [0.25, 0.3) is 11.5 Å². The summed E-state index contributed by atoms with van der Waals surface area (Å²) in [5.41, 5.74) is 2.31. The van der Waals surface area contributed by atoms with E-state index >= 15 is 0 Å². The van der Waals surface area contributed by atoms with Gasteiger partial charge in [-0.1, -0.05) is 12.1 Å². The number of carbonyl (C=O) groups is 1. The number of pyridine rings is 1. The van der Waals surface area contributed by atoms with E-state index in [1.54, 1.807) is 24.2 Å². The first-order valence-corrected chi connectivity index (χ1v) is 8.40. The fraction of sp³-hybridized carbons (Fsp3) is 0.111. The molecule has 0 spiro atoms. The number of nitrogens with zero attached hydrogens (tertiary/aromatic N) is 1. The van der Waals surface area contributed by atoms with Crippen molar-refractivity contribution in [1.29, 1.82) is 0 Å². The second-order valence-electron chi connectivity index (χ2n) is 4.90. The maximum Gasteiger partial charge on any atom is 0.251 e. The highest BCUT2D eigenvalue weighted by atomic mass is 32.2. The molecule has 0 atom stereocenters. The second kappa shape index (κ2) is 7.15. The molecule has 5 heteroatoms. The third-order valence-electron chi connectivity index (χ3n) is 3.42. The topological polar surface area (TPSA) is 55.1 Å². The van der Waals surface area contributed by atoms with Crippen LogP contribution in [0.5, 0.6) is 0 Å². The minimum absolute atomic E-state index is 0.102. The van der Waals surface area contributed by atoms with Crippen molar-refractivity contribution in [2.45, 2.75) is 11.4 Å². The Kier molecular flexibility index (Phi) is 4.78. The standard InChI is InChI=1S/C18H16N2O2S/c1-23-15-7-2-5-13(11-15)18(21)20-12-14-6-3-9-19-17(14)16-8-4-10-22-16/h2-11H,12H2,1H3,(H,20,21). The van der Waals surface area contributed by atoms with E-state index in [0.717, 1.165) is 16.2 Å². The number of nitrogens with one attached hydrogen (secondary N) is 1. The molecular weight excluding hydrogens is 308 g/mol. The van der Waals surface area contributed by atoms with Gasteiger partial charge in [-0.05, 0) is 42.7 Å². The van der Waals surface area contributed by atoms with Crippen molar-refractivity contribution >= 4 is 17.7 Å². The summed E-state index contributed by atoms with van der Waals surface area (Å²) in [5.74, 6) is 0.592. The van der Waals surface area contributed by atoms with Crippen molar-refractivity contribution in [2.75, 3.05) is 6.26 Å². The van der Waals surface area contributed by atoms with Crippen LogP contribution in [-0.2, 0) is 6.54 Å². The number of carbonyl (C=O) groups excluding carboxylic acids is 1. The minimum Gasteiger partial charge on any atom is -0.463 e. The Labute approximate surface area is 138 Å². The molecule has 2 heterocycles. The van der Waals surface area contributed by atoms with Crippen LogP contribution >= 0.6 is 11.8 Å². The van der Waals surface area contributed by atoms with Gasteiger partial charge >= 0.3 is 0 Å². The lowest BCUT2D eigenvalue weighted by Gasteiger charge is -2.09. The molecule has 0 aliphatic carbocycles. The zero-order chi connectivity index (χ0) is 16.1. The number of aromatic nitrogens is 1. The van der Waals surface area contributed by atoms with Crippen molar-refractivity contribution in [1.82, 2.24) is 10.3 Å². The number of benzene rings is 1. The van der Waals surface area contributed by atoms with E-state index in [4.69, 9.17) is 4.42 Å². The lowest BCUT2D eigenvalue weighted by molar-refractivity contribution is 0.0950. The Morgan fingerprint density at radius 3 is 2.91 bits per heavy atom. The third kappa shape index (κ3) is 3.63. The first-order chi connectivity index (χ1) is 11.3. The Balaban J connectivity index is 1.75. The summed E-state index contributed by atoms with van der Waals surface area (Å²) in [7, 11) is 0. The van der Waals surface area contributed by atoms with Crippen LogP contribution in [0.3, 0.4) is 0 Å². The molecule has 0 fully saturated rings. The first-order valence-electron chi connectivity index (χ1n) is 7.18. The number of hydrogen-bond donors (Lipinski definition) is 1. The molecule has 4 nitrogen and oxygen atoms in total. The van der Waals surface area contributed by atoms with Crippen molar-refractivity contribution in [3.63, 3.8) is 0 Å². The smallest absolute Gasteiger partial charge is 0.251 e. The number of amides is 1. The summed E-state index contributed by atoms with van der Waals surface area (Å²) in [6.07, 6.45) is 5.31. The minimum atomic E-state index is -0.102. The van der Waals surface area contributed by atoms with Crippen LogP contribution in [0.1, 0.15) is 15.9 Å². The molecule has 3 rings (SSSR count). The molecule has 0 aliphatic heterocycles. The molecular formula is C18H16N2O2S. The molecule has 2 aromatic heterocycles. The summed E-state index contributed by atoms with van der Waals surface area (Å²) in [4.78, 5) is 17.7. The van der Waals surface area contributed by atoms with E-state index in [2.05, 4.69) is 10.3 Å². The number of furan rings is 1. The van der Waals surface area contributed by atoms with Crippen molar-refractivity contribution in [3.8, 4) is 11.5 Å². The highest BCUT2D eigenvalue weighted by Crippen LogP contribution is 2.21.